The van der Waals surface area contributed by atoms with Gasteiger partial charge in [-0.1, -0.05) is 50.1 Å². The Morgan fingerprint density at radius 1 is 1.12 bits per heavy atom. The van der Waals surface area contributed by atoms with Crippen molar-refractivity contribution in [1.29, 1.82) is 0 Å². The number of rotatable bonds is 3. The molecule has 4 rings (SSSR count). The molecule has 2 heterocycles. The van der Waals surface area contributed by atoms with Crippen LogP contribution >= 0.6 is 22.9 Å². The number of anilines is 1. The first-order valence-corrected chi connectivity index (χ1v) is 9.75. The Bertz CT molecular complexity index is 846. The van der Waals surface area contributed by atoms with Crippen molar-refractivity contribution < 1.29 is 0 Å². The third-order valence-electron chi connectivity index (χ3n) is 4.92. The summed E-state index contributed by atoms with van der Waals surface area (Å²) in [7, 11) is 0. The van der Waals surface area contributed by atoms with Gasteiger partial charge in [0.25, 0.3) is 0 Å². The Kier molecular flexibility index (Phi) is 4.42. The molecule has 1 aliphatic carbocycles. The molecule has 3 nitrogen and oxygen atoms in total. The van der Waals surface area contributed by atoms with Crippen molar-refractivity contribution in [2.75, 3.05) is 5.32 Å². The van der Waals surface area contributed by atoms with E-state index in [0.717, 1.165) is 16.0 Å². The van der Waals surface area contributed by atoms with Gasteiger partial charge in [0.2, 0.25) is 5.28 Å². The first-order valence-electron chi connectivity index (χ1n) is 8.49. The zero-order valence-corrected chi connectivity index (χ0v) is 15.2. The molecule has 1 aromatic carbocycles. The summed E-state index contributed by atoms with van der Waals surface area (Å²) in [6.45, 7) is 2.32. The standard InChI is InChI=1S/C19H20ClN3S/c1-12-7-5-6-10-15(12)21-17-16-14(13-8-3-2-4-9-13)11-24-18(16)23-19(20)22-17/h2-4,8-9,11-12,15H,5-7,10H2,1H3,(H,21,22,23). The topological polar surface area (TPSA) is 37.8 Å². The number of thiophene rings is 1. The minimum atomic E-state index is 0.315. The maximum Gasteiger partial charge on any atom is 0.225 e. The van der Waals surface area contributed by atoms with E-state index in [9.17, 15) is 0 Å². The average molecular weight is 358 g/mol. The number of nitrogens with zero attached hydrogens (tertiary/aromatic N) is 2. The number of benzene rings is 1. The number of halogens is 1. The zero-order chi connectivity index (χ0) is 16.5. The largest absolute Gasteiger partial charge is 0.366 e. The summed E-state index contributed by atoms with van der Waals surface area (Å²) in [4.78, 5) is 9.91. The Morgan fingerprint density at radius 3 is 2.71 bits per heavy atom. The lowest BCUT2D eigenvalue weighted by molar-refractivity contribution is 0.349. The van der Waals surface area contributed by atoms with Gasteiger partial charge in [0, 0.05) is 17.0 Å². The van der Waals surface area contributed by atoms with Gasteiger partial charge in [-0.2, -0.15) is 0 Å². The summed E-state index contributed by atoms with van der Waals surface area (Å²) >= 11 is 7.80. The SMILES string of the molecule is CC1CCCCC1Nc1nc(Cl)nc2scc(-c3ccccc3)c12. The molecule has 0 amide bonds. The maximum atomic E-state index is 6.18. The first-order chi connectivity index (χ1) is 11.7. The van der Waals surface area contributed by atoms with Crippen molar-refractivity contribution >= 4 is 39.0 Å². The van der Waals surface area contributed by atoms with Crippen LogP contribution in [0.15, 0.2) is 35.7 Å². The second-order valence-electron chi connectivity index (χ2n) is 6.55. The highest BCUT2D eigenvalue weighted by atomic mass is 35.5. The molecule has 124 valence electrons. The monoisotopic (exact) mass is 357 g/mol. The number of aromatic nitrogens is 2. The van der Waals surface area contributed by atoms with E-state index in [-0.39, 0.29) is 0 Å². The van der Waals surface area contributed by atoms with Crippen LogP contribution in [0.3, 0.4) is 0 Å². The highest BCUT2D eigenvalue weighted by Crippen LogP contribution is 2.38. The van der Waals surface area contributed by atoms with Gasteiger partial charge in [-0.25, -0.2) is 9.97 Å². The highest BCUT2D eigenvalue weighted by Gasteiger charge is 2.23. The molecule has 1 aliphatic rings. The quantitative estimate of drug-likeness (QED) is 0.584. The van der Waals surface area contributed by atoms with Crippen LogP contribution in [0, 0.1) is 5.92 Å². The summed E-state index contributed by atoms with van der Waals surface area (Å²) in [5.74, 6) is 1.53. The van der Waals surface area contributed by atoms with Crippen LogP contribution in [0.5, 0.6) is 0 Å². The van der Waals surface area contributed by atoms with Gasteiger partial charge in [0.1, 0.15) is 10.6 Å². The number of hydrogen-bond donors (Lipinski definition) is 1. The van der Waals surface area contributed by atoms with E-state index in [1.54, 1.807) is 11.3 Å². The van der Waals surface area contributed by atoms with Crippen molar-refractivity contribution in [3.8, 4) is 11.1 Å². The molecule has 0 radical (unpaired) electrons. The third kappa shape index (κ3) is 3.01. The summed E-state index contributed by atoms with van der Waals surface area (Å²) in [6, 6.07) is 10.9. The fourth-order valence-corrected chi connectivity index (χ4v) is 4.72. The van der Waals surface area contributed by atoms with Crippen LogP contribution in [-0.4, -0.2) is 16.0 Å². The fourth-order valence-electron chi connectivity index (χ4n) is 3.56. The predicted octanol–water partition coefficient (Wildman–Crippen LogP) is 6.00. The second-order valence-corrected chi connectivity index (χ2v) is 7.75. The molecule has 3 aromatic rings. The van der Waals surface area contributed by atoms with Gasteiger partial charge in [0.05, 0.1) is 5.39 Å². The molecule has 0 saturated heterocycles. The molecule has 2 aromatic heterocycles. The van der Waals surface area contributed by atoms with E-state index in [2.05, 4.69) is 51.9 Å². The Morgan fingerprint density at radius 2 is 1.92 bits per heavy atom. The van der Waals surface area contributed by atoms with E-state index in [1.807, 2.05) is 6.07 Å². The van der Waals surface area contributed by atoms with Gasteiger partial charge in [-0.05, 0) is 35.9 Å². The van der Waals surface area contributed by atoms with Crippen LogP contribution in [0.25, 0.3) is 21.3 Å². The molecule has 1 saturated carbocycles. The van der Waals surface area contributed by atoms with Gasteiger partial charge in [0.15, 0.2) is 0 Å². The minimum Gasteiger partial charge on any atom is -0.366 e. The van der Waals surface area contributed by atoms with Crippen molar-refractivity contribution in [3.05, 3.63) is 41.0 Å². The van der Waals surface area contributed by atoms with Gasteiger partial charge in [-0.15, -0.1) is 11.3 Å². The zero-order valence-electron chi connectivity index (χ0n) is 13.6. The summed E-state index contributed by atoms with van der Waals surface area (Å²) < 4.78 is 0. The lowest BCUT2D eigenvalue weighted by Crippen LogP contribution is -2.30. The summed E-state index contributed by atoms with van der Waals surface area (Å²) in [6.07, 6.45) is 5.07. The Labute approximate surface area is 151 Å². The van der Waals surface area contributed by atoms with E-state index >= 15 is 0 Å². The molecule has 0 aliphatic heterocycles. The molecular weight excluding hydrogens is 338 g/mol. The molecule has 0 bridgehead atoms. The van der Waals surface area contributed by atoms with E-state index in [0.29, 0.717) is 17.2 Å². The maximum absolute atomic E-state index is 6.18. The van der Waals surface area contributed by atoms with Crippen molar-refractivity contribution in [1.82, 2.24) is 9.97 Å². The van der Waals surface area contributed by atoms with E-state index in [4.69, 9.17) is 11.6 Å². The molecule has 1 fully saturated rings. The van der Waals surface area contributed by atoms with E-state index in [1.165, 1.54) is 36.8 Å². The molecule has 0 spiro atoms. The second kappa shape index (κ2) is 6.69. The fraction of sp³-hybridized carbons (Fsp3) is 0.368. The molecule has 5 heteroatoms. The minimum absolute atomic E-state index is 0.315. The summed E-state index contributed by atoms with van der Waals surface area (Å²) in [5, 5.41) is 7.24. The Balaban J connectivity index is 1.80. The number of hydrogen-bond acceptors (Lipinski definition) is 4. The molecule has 2 unspecified atom stereocenters. The Hall–Kier alpha value is -1.65. The first kappa shape index (κ1) is 15.9. The van der Waals surface area contributed by atoms with Crippen molar-refractivity contribution in [2.24, 2.45) is 5.92 Å². The predicted molar refractivity (Wildman–Crippen MR) is 103 cm³/mol. The highest BCUT2D eigenvalue weighted by molar-refractivity contribution is 7.17. The average Bonchev–Trinajstić information content (AvgIpc) is 3.01. The van der Waals surface area contributed by atoms with Crippen LogP contribution in [0.2, 0.25) is 5.28 Å². The van der Waals surface area contributed by atoms with Crippen molar-refractivity contribution in [2.45, 2.75) is 38.6 Å². The van der Waals surface area contributed by atoms with E-state index < -0.39 is 0 Å². The lowest BCUT2D eigenvalue weighted by Gasteiger charge is -2.30. The molecule has 24 heavy (non-hydrogen) atoms. The molecule has 2 atom stereocenters. The van der Waals surface area contributed by atoms with Gasteiger partial charge >= 0.3 is 0 Å². The molecular formula is C19H20ClN3S. The lowest BCUT2D eigenvalue weighted by atomic mass is 9.86. The van der Waals surface area contributed by atoms with Crippen LogP contribution in [0.1, 0.15) is 32.6 Å². The summed E-state index contributed by atoms with van der Waals surface area (Å²) in [5.41, 5.74) is 2.37. The van der Waals surface area contributed by atoms with Crippen molar-refractivity contribution in [3.63, 3.8) is 0 Å². The normalized spacial score (nSPS) is 21.1. The van der Waals surface area contributed by atoms with Crippen LogP contribution < -0.4 is 5.32 Å². The van der Waals surface area contributed by atoms with Gasteiger partial charge in [-0.3, -0.25) is 0 Å². The number of fused-ring (bicyclic) bond motifs is 1. The third-order valence-corrected chi connectivity index (χ3v) is 5.97. The number of nitrogens with one attached hydrogen (secondary N) is 1. The molecule has 1 N–H and O–H groups in total. The van der Waals surface area contributed by atoms with Gasteiger partial charge < -0.3 is 5.32 Å². The smallest absolute Gasteiger partial charge is 0.225 e. The van der Waals surface area contributed by atoms with Crippen LogP contribution in [-0.2, 0) is 0 Å². The van der Waals surface area contributed by atoms with Crippen LogP contribution in [0.4, 0.5) is 5.82 Å².